The molecule has 0 aliphatic carbocycles. The summed E-state index contributed by atoms with van der Waals surface area (Å²) in [6.07, 6.45) is 3.60. The molecule has 1 N–H and O–H groups in total. The SMILES string of the molecule is COc1ccc(C(NC(=O)CSCc2ccc(Cl)s2)c2nccn2C)cc1. The van der Waals surface area contributed by atoms with Gasteiger partial charge in [-0.3, -0.25) is 4.79 Å². The molecule has 27 heavy (non-hydrogen) atoms. The summed E-state index contributed by atoms with van der Waals surface area (Å²) in [5.74, 6) is 2.65. The van der Waals surface area contributed by atoms with Crippen LogP contribution >= 0.6 is 34.7 Å². The van der Waals surface area contributed by atoms with E-state index < -0.39 is 0 Å². The van der Waals surface area contributed by atoms with Gasteiger partial charge in [-0.15, -0.1) is 23.1 Å². The molecule has 3 rings (SSSR count). The van der Waals surface area contributed by atoms with Crippen molar-refractivity contribution in [1.82, 2.24) is 14.9 Å². The predicted molar refractivity (Wildman–Crippen MR) is 112 cm³/mol. The van der Waals surface area contributed by atoms with Crippen LogP contribution in [0.25, 0.3) is 0 Å². The van der Waals surface area contributed by atoms with Crippen molar-refractivity contribution in [3.8, 4) is 5.75 Å². The molecule has 0 aliphatic heterocycles. The van der Waals surface area contributed by atoms with E-state index in [2.05, 4.69) is 10.3 Å². The monoisotopic (exact) mass is 421 g/mol. The lowest BCUT2D eigenvalue weighted by molar-refractivity contribution is -0.119. The maximum absolute atomic E-state index is 12.5. The number of methoxy groups -OCH3 is 1. The summed E-state index contributed by atoms with van der Waals surface area (Å²) >= 11 is 9.05. The zero-order valence-electron chi connectivity index (χ0n) is 15.0. The third-order valence-corrected chi connectivity index (χ3v) is 6.37. The number of ether oxygens (including phenoxy) is 1. The van der Waals surface area contributed by atoms with E-state index in [1.165, 1.54) is 0 Å². The van der Waals surface area contributed by atoms with E-state index in [0.29, 0.717) is 5.75 Å². The fourth-order valence-corrected chi connectivity index (χ4v) is 4.66. The second-order valence-corrected chi connectivity index (χ2v) is 8.65. The van der Waals surface area contributed by atoms with Crippen molar-refractivity contribution in [3.05, 3.63) is 69.4 Å². The number of benzene rings is 1. The quantitative estimate of drug-likeness (QED) is 0.589. The highest BCUT2D eigenvalue weighted by Gasteiger charge is 2.20. The maximum Gasteiger partial charge on any atom is 0.230 e. The Morgan fingerprint density at radius 3 is 2.70 bits per heavy atom. The first-order valence-corrected chi connectivity index (χ1v) is 10.6. The van der Waals surface area contributed by atoms with Crippen LogP contribution in [-0.2, 0) is 17.6 Å². The smallest absolute Gasteiger partial charge is 0.230 e. The minimum atomic E-state index is -0.319. The van der Waals surface area contributed by atoms with E-state index in [-0.39, 0.29) is 11.9 Å². The normalized spacial score (nSPS) is 12.0. The van der Waals surface area contributed by atoms with Gasteiger partial charge in [0.15, 0.2) is 0 Å². The summed E-state index contributed by atoms with van der Waals surface area (Å²) < 4.78 is 7.90. The summed E-state index contributed by atoms with van der Waals surface area (Å²) in [5, 5.41) is 3.10. The average Bonchev–Trinajstić information content (AvgIpc) is 3.28. The van der Waals surface area contributed by atoms with Crippen LogP contribution in [0, 0.1) is 0 Å². The number of aryl methyl sites for hydroxylation is 1. The third-order valence-electron chi connectivity index (χ3n) is 3.98. The van der Waals surface area contributed by atoms with Gasteiger partial charge in [-0.25, -0.2) is 4.98 Å². The lowest BCUT2D eigenvalue weighted by atomic mass is 10.1. The number of imidazole rings is 1. The van der Waals surface area contributed by atoms with E-state index in [1.54, 1.807) is 36.4 Å². The van der Waals surface area contributed by atoms with E-state index in [0.717, 1.165) is 32.1 Å². The van der Waals surface area contributed by atoms with Gasteiger partial charge in [-0.1, -0.05) is 23.7 Å². The Morgan fingerprint density at radius 2 is 2.11 bits per heavy atom. The van der Waals surface area contributed by atoms with Gasteiger partial charge in [-0.05, 0) is 29.8 Å². The average molecular weight is 422 g/mol. The molecule has 0 fully saturated rings. The lowest BCUT2D eigenvalue weighted by Crippen LogP contribution is -2.32. The Labute approximate surface area is 171 Å². The summed E-state index contributed by atoms with van der Waals surface area (Å²) in [7, 11) is 3.55. The van der Waals surface area contributed by atoms with Crippen LogP contribution in [0.1, 0.15) is 22.3 Å². The highest BCUT2D eigenvalue weighted by molar-refractivity contribution is 7.99. The highest BCUT2D eigenvalue weighted by Crippen LogP contribution is 2.26. The van der Waals surface area contributed by atoms with Crippen LogP contribution in [0.4, 0.5) is 0 Å². The molecule has 2 heterocycles. The molecular formula is C19H20ClN3O2S2. The second-order valence-electron chi connectivity index (χ2n) is 5.87. The summed E-state index contributed by atoms with van der Waals surface area (Å²) in [6.45, 7) is 0. The molecule has 142 valence electrons. The fraction of sp³-hybridized carbons (Fsp3) is 0.263. The Balaban J connectivity index is 1.67. The summed E-state index contributed by atoms with van der Waals surface area (Å²) in [4.78, 5) is 18.1. The van der Waals surface area contributed by atoms with Crippen molar-refractivity contribution in [3.63, 3.8) is 0 Å². The number of amides is 1. The number of carbonyl (C=O) groups excluding carboxylic acids is 1. The number of carbonyl (C=O) groups is 1. The van der Waals surface area contributed by atoms with E-state index in [1.807, 2.05) is 54.2 Å². The van der Waals surface area contributed by atoms with Gasteiger partial charge in [0.25, 0.3) is 0 Å². The molecule has 0 radical (unpaired) electrons. The standard InChI is InChI=1S/C19H20ClN3O2S2/c1-23-10-9-21-19(23)18(13-3-5-14(25-2)6-4-13)22-17(24)12-26-11-15-7-8-16(20)27-15/h3-10,18H,11-12H2,1-2H3,(H,22,24). The van der Waals surface area contributed by atoms with Crippen molar-refractivity contribution in [1.29, 1.82) is 0 Å². The molecule has 3 aromatic rings. The number of nitrogens with zero attached hydrogens (tertiary/aromatic N) is 2. The van der Waals surface area contributed by atoms with Crippen LogP contribution in [0.2, 0.25) is 4.34 Å². The van der Waals surface area contributed by atoms with Gasteiger partial charge in [0, 0.05) is 30.1 Å². The minimum Gasteiger partial charge on any atom is -0.497 e. The second kappa shape index (κ2) is 9.30. The number of halogens is 1. The molecule has 0 bridgehead atoms. The number of rotatable bonds is 8. The Kier molecular flexibility index (Phi) is 6.82. The van der Waals surface area contributed by atoms with Crippen molar-refractivity contribution in [2.24, 2.45) is 7.05 Å². The zero-order valence-corrected chi connectivity index (χ0v) is 17.4. The van der Waals surface area contributed by atoms with Gasteiger partial charge in [-0.2, -0.15) is 0 Å². The molecular weight excluding hydrogens is 402 g/mol. The molecule has 1 unspecified atom stereocenters. The van der Waals surface area contributed by atoms with Crippen LogP contribution in [0.15, 0.2) is 48.8 Å². The van der Waals surface area contributed by atoms with Crippen molar-refractivity contribution < 1.29 is 9.53 Å². The molecule has 5 nitrogen and oxygen atoms in total. The number of thiophene rings is 1. The first-order valence-electron chi connectivity index (χ1n) is 8.29. The Morgan fingerprint density at radius 1 is 1.33 bits per heavy atom. The van der Waals surface area contributed by atoms with E-state index >= 15 is 0 Å². The number of nitrogens with one attached hydrogen (secondary N) is 1. The molecule has 2 aromatic heterocycles. The number of aromatic nitrogens is 2. The number of thioether (sulfide) groups is 1. The fourth-order valence-electron chi connectivity index (χ4n) is 2.62. The number of hydrogen-bond donors (Lipinski definition) is 1. The molecule has 0 saturated heterocycles. The molecule has 8 heteroatoms. The summed E-state index contributed by atoms with van der Waals surface area (Å²) in [6, 6.07) is 11.2. The van der Waals surface area contributed by atoms with Crippen molar-refractivity contribution in [2.75, 3.05) is 12.9 Å². The molecule has 1 atom stereocenters. The van der Waals surface area contributed by atoms with Crippen LogP contribution in [0.5, 0.6) is 5.75 Å². The molecule has 0 spiro atoms. The zero-order chi connectivity index (χ0) is 19.2. The van der Waals surface area contributed by atoms with E-state index in [4.69, 9.17) is 16.3 Å². The van der Waals surface area contributed by atoms with Gasteiger partial charge >= 0.3 is 0 Å². The first kappa shape index (κ1) is 19.8. The Bertz CT molecular complexity index is 893. The van der Waals surface area contributed by atoms with Crippen molar-refractivity contribution >= 4 is 40.6 Å². The summed E-state index contributed by atoms with van der Waals surface area (Å²) in [5.41, 5.74) is 0.952. The van der Waals surface area contributed by atoms with Crippen LogP contribution in [-0.4, -0.2) is 28.3 Å². The van der Waals surface area contributed by atoms with E-state index in [9.17, 15) is 4.79 Å². The predicted octanol–water partition coefficient (Wildman–Crippen LogP) is 4.28. The lowest BCUT2D eigenvalue weighted by Gasteiger charge is -2.19. The molecule has 0 saturated carbocycles. The van der Waals surface area contributed by atoms with Gasteiger partial charge in [0.1, 0.15) is 17.6 Å². The van der Waals surface area contributed by atoms with Gasteiger partial charge in [0.2, 0.25) is 5.91 Å². The van der Waals surface area contributed by atoms with Crippen LogP contribution < -0.4 is 10.1 Å². The van der Waals surface area contributed by atoms with Crippen molar-refractivity contribution in [2.45, 2.75) is 11.8 Å². The Hall–Kier alpha value is -1.96. The molecule has 1 amide bonds. The number of hydrogen-bond acceptors (Lipinski definition) is 5. The van der Waals surface area contributed by atoms with Crippen LogP contribution in [0.3, 0.4) is 0 Å². The largest absolute Gasteiger partial charge is 0.497 e. The highest BCUT2D eigenvalue weighted by atomic mass is 35.5. The third kappa shape index (κ3) is 5.28. The molecule has 0 aliphatic rings. The first-order chi connectivity index (χ1) is 13.1. The maximum atomic E-state index is 12.5. The topological polar surface area (TPSA) is 56.1 Å². The minimum absolute atomic E-state index is 0.0357. The van der Waals surface area contributed by atoms with Gasteiger partial charge < -0.3 is 14.6 Å². The van der Waals surface area contributed by atoms with Gasteiger partial charge in [0.05, 0.1) is 17.2 Å². The molecule has 1 aromatic carbocycles.